The molecule has 0 radical (unpaired) electrons. The van der Waals surface area contributed by atoms with Crippen LogP contribution in [-0.4, -0.2) is 25.5 Å². The Morgan fingerprint density at radius 1 is 1.50 bits per heavy atom. The minimum absolute atomic E-state index is 0.0441. The van der Waals surface area contributed by atoms with Gasteiger partial charge in [0.2, 0.25) is 10.0 Å². The number of hydrogen-bond acceptors (Lipinski definition) is 3. The number of nitrogens with one attached hydrogen (secondary N) is 1. The maximum absolute atomic E-state index is 11.9. The zero-order chi connectivity index (χ0) is 13.8. The Bertz CT molecular complexity index is 530. The molecule has 1 atom stereocenters. The average Bonchev–Trinajstić information content (AvgIpc) is 2.28. The lowest BCUT2D eigenvalue weighted by Gasteiger charge is -2.13. The monoisotopic (exact) mass is 291 g/mol. The molecule has 7 heteroatoms. The van der Waals surface area contributed by atoms with E-state index in [2.05, 4.69) is 4.72 Å². The summed E-state index contributed by atoms with van der Waals surface area (Å²) < 4.78 is 26.0. The van der Waals surface area contributed by atoms with Crippen LogP contribution in [0.15, 0.2) is 29.2 Å². The third-order valence-corrected chi connectivity index (χ3v) is 3.98. The van der Waals surface area contributed by atoms with Crippen LogP contribution in [0.4, 0.5) is 0 Å². The highest BCUT2D eigenvalue weighted by Crippen LogP contribution is 2.16. The molecule has 0 spiro atoms. The first-order valence-corrected chi connectivity index (χ1v) is 7.23. The molecular formula is C11H14ClNO4S. The Morgan fingerprint density at radius 2 is 2.17 bits per heavy atom. The van der Waals surface area contributed by atoms with E-state index in [-0.39, 0.29) is 16.3 Å². The number of halogens is 1. The summed E-state index contributed by atoms with van der Waals surface area (Å²) in [5, 5.41) is 9.19. The SMILES string of the molecule is CCC[C@@H](NS(=O)(=O)c1cccc(Cl)c1)C(=O)O. The van der Waals surface area contributed by atoms with Crippen LogP contribution in [0, 0.1) is 0 Å². The summed E-state index contributed by atoms with van der Waals surface area (Å²) in [4.78, 5) is 10.9. The van der Waals surface area contributed by atoms with Crippen molar-refractivity contribution in [2.75, 3.05) is 0 Å². The van der Waals surface area contributed by atoms with Crippen LogP contribution in [0.3, 0.4) is 0 Å². The summed E-state index contributed by atoms with van der Waals surface area (Å²) >= 11 is 5.70. The van der Waals surface area contributed by atoms with Crippen molar-refractivity contribution in [3.63, 3.8) is 0 Å². The van der Waals surface area contributed by atoms with Crippen LogP contribution in [0.2, 0.25) is 5.02 Å². The van der Waals surface area contributed by atoms with Gasteiger partial charge in [0.1, 0.15) is 6.04 Å². The number of rotatable bonds is 6. The molecule has 0 bridgehead atoms. The van der Waals surface area contributed by atoms with Gasteiger partial charge in [0.25, 0.3) is 0 Å². The molecule has 0 amide bonds. The van der Waals surface area contributed by atoms with Crippen molar-refractivity contribution < 1.29 is 18.3 Å². The van der Waals surface area contributed by atoms with E-state index in [0.29, 0.717) is 6.42 Å². The maximum Gasteiger partial charge on any atom is 0.321 e. The number of hydrogen-bond donors (Lipinski definition) is 2. The summed E-state index contributed by atoms with van der Waals surface area (Å²) in [7, 11) is -3.86. The molecule has 0 aliphatic heterocycles. The second-order valence-corrected chi connectivity index (χ2v) is 5.91. The molecule has 1 aromatic carbocycles. The maximum atomic E-state index is 11.9. The van der Waals surface area contributed by atoms with Crippen molar-refractivity contribution in [1.29, 1.82) is 0 Å². The normalized spacial score (nSPS) is 13.2. The summed E-state index contributed by atoms with van der Waals surface area (Å²) in [6.45, 7) is 1.78. The Labute approximate surface area is 111 Å². The van der Waals surface area contributed by atoms with Crippen molar-refractivity contribution in [3.05, 3.63) is 29.3 Å². The third kappa shape index (κ3) is 3.97. The van der Waals surface area contributed by atoms with Crippen molar-refractivity contribution in [3.8, 4) is 0 Å². The summed E-state index contributed by atoms with van der Waals surface area (Å²) in [5.41, 5.74) is 0. The van der Waals surface area contributed by atoms with E-state index in [9.17, 15) is 13.2 Å². The molecule has 0 saturated carbocycles. The Hall–Kier alpha value is -1.11. The van der Waals surface area contributed by atoms with Crippen LogP contribution in [0.5, 0.6) is 0 Å². The minimum Gasteiger partial charge on any atom is -0.480 e. The van der Waals surface area contributed by atoms with Gasteiger partial charge in [-0.05, 0) is 24.6 Å². The van der Waals surface area contributed by atoms with E-state index in [1.165, 1.54) is 18.2 Å². The van der Waals surface area contributed by atoms with Gasteiger partial charge in [0, 0.05) is 5.02 Å². The van der Waals surface area contributed by atoms with E-state index in [1.807, 2.05) is 0 Å². The average molecular weight is 292 g/mol. The van der Waals surface area contributed by atoms with Gasteiger partial charge in [-0.3, -0.25) is 4.79 Å². The van der Waals surface area contributed by atoms with Crippen LogP contribution in [0.25, 0.3) is 0 Å². The number of aliphatic carboxylic acids is 1. The third-order valence-electron chi connectivity index (χ3n) is 2.28. The molecule has 1 aromatic rings. The fraction of sp³-hybridized carbons (Fsp3) is 0.364. The molecule has 0 aliphatic carbocycles. The lowest BCUT2D eigenvalue weighted by molar-refractivity contribution is -0.139. The number of benzene rings is 1. The zero-order valence-corrected chi connectivity index (χ0v) is 11.3. The fourth-order valence-electron chi connectivity index (χ4n) is 1.41. The number of carboxylic acids is 1. The molecule has 100 valence electrons. The van der Waals surface area contributed by atoms with E-state index >= 15 is 0 Å². The Balaban J connectivity index is 2.97. The van der Waals surface area contributed by atoms with Gasteiger partial charge in [-0.25, -0.2) is 8.42 Å². The minimum atomic E-state index is -3.86. The van der Waals surface area contributed by atoms with Gasteiger partial charge < -0.3 is 5.11 Å². The molecule has 0 unspecified atom stereocenters. The van der Waals surface area contributed by atoms with Gasteiger partial charge in [0.05, 0.1) is 4.90 Å². The Morgan fingerprint density at radius 3 is 2.67 bits per heavy atom. The highest BCUT2D eigenvalue weighted by atomic mass is 35.5. The quantitative estimate of drug-likeness (QED) is 0.838. The molecule has 18 heavy (non-hydrogen) atoms. The van der Waals surface area contributed by atoms with Crippen LogP contribution >= 0.6 is 11.6 Å². The van der Waals surface area contributed by atoms with Crippen LogP contribution in [-0.2, 0) is 14.8 Å². The van der Waals surface area contributed by atoms with Crippen molar-refractivity contribution in [2.45, 2.75) is 30.7 Å². The molecular weight excluding hydrogens is 278 g/mol. The van der Waals surface area contributed by atoms with Crippen LogP contribution < -0.4 is 4.72 Å². The van der Waals surface area contributed by atoms with E-state index in [1.54, 1.807) is 13.0 Å². The summed E-state index contributed by atoms with van der Waals surface area (Å²) in [5.74, 6) is -1.19. The first kappa shape index (κ1) is 14.9. The van der Waals surface area contributed by atoms with Crippen molar-refractivity contribution >= 4 is 27.6 Å². The number of sulfonamides is 1. The van der Waals surface area contributed by atoms with Gasteiger partial charge in [-0.2, -0.15) is 4.72 Å². The summed E-state index contributed by atoms with van der Waals surface area (Å²) in [6, 6.07) is 4.54. The van der Waals surface area contributed by atoms with Crippen molar-refractivity contribution in [2.24, 2.45) is 0 Å². The molecule has 0 saturated heterocycles. The number of carboxylic acid groups (broad SMARTS) is 1. The van der Waals surface area contributed by atoms with Gasteiger partial charge in [-0.1, -0.05) is 31.0 Å². The second kappa shape index (κ2) is 6.17. The highest BCUT2D eigenvalue weighted by Gasteiger charge is 2.24. The second-order valence-electron chi connectivity index (χ2n) is 3.76. The summed E-state index contributed by atoms with van der Waals surface area (Å²) in [6.07, 6.45) is 0.796. The topological polar surface area (TPSA) is 83.5 Å². The molecule has 0 heterocycles. The van der Waals surface area contributed by atoms with Crippen LogP contribution in [0.1, 0.15) is 19.8 Å². The molecule has 2 N–H and O–H groups in total. The molecule has 0 aliphatic rings. The fourth-order valence-corrected chi connectivity index (χ4v) is 2.94. The van der Waals surface area contributed by atoms with E-state index < -0.39 is 22.0 Å². The molecule has 0 aromatic heterocycles. The van der Waals surface area contributed by atoms with Crippen molar-refractivity contribution in [1.82, 2.24) is 4.72 Å². The van der Waals surface area contributed by atoms with E-state index in [4.69, 9.17) is 16.7 Å². The molecule has 1 rings (SSSR count). The predicted molar refractivity (Wildman–Crippen MR) is 68.1 cm³/mol. The largest absolute Gasteiger partial charge is 0.480 e. The predicted octanol–water partition coefficient (Wildman–Crippen LogP) is 1.87. The molecule has 0 fully saturated rings. The zero-order valence-electron chi connectivity index (χ0n) is 9.76. The van der Waals surface area contributed by atoms with E-state index in [0.717, 1.165) is 0 Å². The smallest absolute Gasteiger partial charge is 0.321 e. The number of carbonyl (C=O) groups is 1. The standard InChI is InChI=1S/C11H14ClNO4S/c1-2-4-10(11(14)15)13-18(16,17)9-6-3-5-8(12)7-9/h3,5-7,10,13H,2,4H2,1H3,(H,14,15)/t10-/m1/s1. The highest BCUT2D eigenvalue weighted by molar-refractivity contribution is 7.89. The molecule has 5 nitrogen and oxygen atoms in total. The lowest BCUT2D eigenvalue weighted by Crippen LogP contribution is -2.40. The van der Waals surface area contributed by atoms with Gasteiger partial charge in [-0.15, -0.1) is 0 Å². The lowest BCUT2D eigenvalue weighted by atomic mass is 10.2. The van der Waals surface area contributed by atoms with Gasteiger partial charge >= 0.3 is 5.97 Å². The first-order chi connectivity index (χ1) is 8.36. The first-order valence-electron chi connectivity index (χ1n) is 5.37. The van der Waals surface area contributed by atoms with Gasteiger partial charge in [0.15, 0.2) is 0 Å². The Kier molecular flexibility index (Phi) is 5.13.